The van der Waals surface area contributed by atoms with Crippen molar-refractivity contribution < 1.29 is 19.5 Å². The number of benzene rings is 3. The minimum absolute atomic E-state index is 0. The van der Waals surface area contributed by atoms with E-state index in [1.807, 2.05) is 30.3 Å². The standard InChI is InChI=1S/C38H27N5.Zn/c1-4-10-25(11-5-1)36-30-18-16-28(39-30)24-29-17-19-31(40-29)37(26-12-6-2-7-13-26)33-21-23-35(43-33)38(34-22-20-32(36)42-34)41-27-14-8-3-9-15-27;/h1-24,39,41,43H;. The Morgan fingerprint density at radius 2 is 1.02 bits per heavy atom. The maximum atomic E-state index is 5.23. The van der Waals surface area contributed by atoms with Gasteiger partial charge < -0.3 is 15.3 Å². The largest absolute Gasteiger partial charge is 0.355 e. The Labute approximate surface area is 267 Å². The third-order valence-corrected chi connectivity index (χ3v) is 7.74. The average Bonchev–Trinajstić information content (AvgIpc) is 3.88. The topological polar surface area (TPSA) is 69.4 Å². The van der Waals surface area contributed by atoms with Gasteiger partial charge in [-0.25, -0.2) is 9.97 Å². The average molecular weight is 619 g/mol. The fraction of sp³-hybridized carbons (Fsp3) is 0. The molecule has 0 radical (unpaired) electrons. The van der Waals surface area contributed by atoms with Crippen LogP contribution in [0, 0.1) is 0 Å². The van der Waals surface area contributed by atoms with Crippen LogP contribution in [-0.2, 0) is 19.5 Å². The van der Waals surface area contributed by atoms with Gasteiger partial charge in [-0.3, -0.25) is 0 Å². The number of hydrogen-bond donors (Lipinski definition) is 3. The van der Waals surface area contributed by atoms with Crippen LogP contribution in [0.1, 0.15) is 22.8 Å². The predicted molar refractivity (Wildman–Crippen MR) is 179 cm³/mol. The quantitative estimate of drug-likeness (QED) is 0.172. The molecule has 0 saturated carbocycles. The number of para-hydroxylation sites is 1. The minimum atomic E-state index is 0. The molecule has 0 aliphatic carbocycles. The summed E-state index contributed by atoms with van der Waals surface area (Å²) in [6.07, 6.45) is 8.35. The van der Waals surface area contributed by atoms with Crippen molar-refractivity contribution >= 4 is 57.7 Å². The smallest absolute Gasteiger partial charge is 0.0894 e. The number of nitrogens with zero attached hydrogens (tertiary/aromatic N) is 2. The first-order chi connectivity index (χ1) is 21.3. The van der Waals surface area contributed by atoms with Crippen LogP contribution in [0.5, 0.6) is 0 Å². The van der Waals surface area contributed by atoms with Crippen LogP contribution >= 0.6 is 0 Å². The van der Waals surface area contributed by atoms with E-state index in [0.29, 0.717) is 0 Å². The van der Waals surface area contributed by atoms with Crippen molar-refractivity contribution in [3.8, 4) is 22.3 Å². The number of aromatic amines is 2. The van der Waals surface area contributed by atoms with E-state index in [1.54, 1.807) is 0 Å². The summed E-state index contributed by atoms with van der Waals surface area (Å²) >= 11 is 0. The number of fused-ring (bicyclic) bond motifs is 8. The molecule has 3 N–H and O–H groups in total. The molecule has 2 aliphatic rings. The minimum Gasteiger partial charge on any atom is -0.355 e. The van der Waals surface area contributed by atoms with E-state index in [4.69, 9.17) is 9.97 Å². The molecular formula is C38H27N5Zn. The number of H-pyrrole nitrogens is 2. The fourth-order valence-corrected chi connectivity index (χ4v) is 5.75. The molecular weight excluding hydrogens is 592 g/mol. The Morgan fingerprint density at radius 1 is 0.477 bits per heavy atom. The first-order valence-electron chi connectivity index (χ1n) is 14.3. The summed E-state index contributed by atoms with van der Waals surface area (Å²) in [6, 6.07) is 41.6. The van der Waals surface area contributed by atoms with Crippen molar-refractivity contribution in [1.82, 2.24) is 19.9 Å². The van der Waals surface area contributed by atoms with E-state index in [9.17, 15) is 0 Å². The summed E-state index contributed by atoms with van der Waals surface area (Å²) in [5.74, 6) is 0. The zero-order chi connectivity index (χ0) is 28.6. The Morgan fingerprint density at radius 3 is 1.73 bits per heavy atom. The Balaban J connectivity index is 0.00000312. The van der Waals surface area contributed by atoms with Gasteiger partial charge in [0.25, 0.3) is 0 Å². The van der Waals surface area contributed by atoms with Crippen LogP contribution in [0.2, 0.25) is 0 Å². The summed E-state index contributed by atoms with van der Waals surface area (Å²) in [4.78, 5) is 17.6. The third kappa shape index (κ3) is 5.21. The Hall–Kier alpha value is -5.32. The summed E-state index contributed by atoms with van der Waals surface area (Å²) in [7, 11) is 0. The van der Waals surface area contributed by atoms with E-state index in [0.717, 1.165) is 78.5 Å². The zero-order valence-corrected chi connectivity index (χ0v) is 26.9. The molecule has 44 heavy (non-hydrogen) atoms. The number of rotatable bonds is 4. The SMILES string of the molecule is C1=Cc2nc1cc1ccc([nH]1)c(-c1ccccc1)c1nc(c(Nc3ccccc3)c3ccc([nH]3)c2-c2ccccc2)C=C1.[Zn]. The second-order valence-corrected chi connectivity index (χ2v) is 10.6. The number of hydrogen-bond acceptors (Lipinski definition) is 3. The van der Waals surface area contributed by atoms with Crippen LogP contribution in [-0.4, -0.2) is 19.9 Å². The number of nitrogens with one attached hydrogen (secondary N) is 3. The molecule has 0 saturated heterocycles. The molecule has 0 spiro atoms. The molecule has 3 aromatic heterocycles. The van der Waals surface area contributed by atoms with Gasteiger partial charge in [-0.1, -0.05) is 78.9 Å². The maximum Gasteiger partial charge on any atom is 0.0894 e. The van der Waals surface area contributed by atoms with Gasteiger partial charge >= 0.3 is 0 Å². The monoisotopic (exact) mass is 617 g/mol. The molecule has 6 aromatic rings. The predicted octanol–water partition coefficient (Wildman–Crippen LogP) is 9.73. The van der Waals surface area contributed by atoms with Gasteiger partial charge in [0.15, 0.2) is 0 Å². The first kappa shape index (κ1) is 27.5. The summed E-state index contributed by atoms with van der Waals surface area (Å²) < 4.78 is 0. The van der Waals surface area contributed by atoms with E-state index in [2.05, 4.69) is 131 Å². The molecule has 0 unspecified atom stereocenters. The van der Waals surface area contributed by atoms with Gasteiger partial charge in [-0.2, -0.15) is 0 Å². The van der Waals surface area contributed by atoms with Crippen LogP contribution in [0.4, 0.5) is 11.4 Å². The van der Waals surface area contributed by atoms with Gasteiger partial charge in [-0.05, 0) is 77.9 Å². The third-order valence-electron chi connectivity index (χ3n) is 7.74. The van der Waals surface area contributed by atoms with Crippen molar-refractivity contribution in [2.45, 2.75) is 0 Å². The van der Waals surface area contributed by atoms with E-state index >= 15 is 0 Å². The first-order valence-corrected chi connectivity index (χ1v) is 14.3. The summed E-state index contributed by atoms with van der Waals surface area (Å²) in [5, 5.41) is 3.66. The zero-order valence-electron chi connectivity index (χ0n) is 24.0. The van der Waals surface area contributed by atoms with Crippen molar-refractivity contribution in [3.63, 3.8) is 0 Å². The molecule has 0 atom stereocenters. The van der Waals surface area contributed by atoms with Gasteiger partial charge in [-0.15, -0.1) is 0 Å². The van der Waals surface area contributed by atoms with E-state index < -0.39 is 0 Å². The molecule has 5 heterocycles. The van der Waals surface area contributed by atoms with Crippen LogP contribution in [0.3, 0.4) is 0 Å². The van der Waals surface area contributed by atoms with Crippen LogP contribution < -0.4 is 5.32 Å². The molecule has 8 bridgehead atoms. The fourth-order valence-electron chi connectivity index (χ4n) is 5.75. The van der Waals surface area contributed by atoms with Gasteiger partial charge in [0.05, 0.1) is 34.0 Å². The Bertz CT molecular complexity index is 2160. The molecule has 2 aliphatic heterocycles. The van der Waals surface area contributed by atoms with Crippen molar-refractivity contribution in [2.75, 3.05) is 5.32 Å². The molecule has 6 heteroatoms. The molecule has 0 fully saturated rings. The summed E-state index contributed by atoms with van der Waals surface area (Å²) in [6.45, 7) is 0. The molecule has 0 amide bonds. The van der Waals surface area contributed by atoms with E-state index in [1.165, 1.54) is 0 Å². The van der Waals surface area contributed by atoms with Gasteiger partial charge in [0.1, 0.15) is 0 Å². The second-order valence-electron chi connectivity index (χ2n) is 10.6. The van der Waals surface area contributed by atoms with Crippen molar-refractivity contribution in [1.29, 1.82) is 0 Å². The number of aromatic nitrogens is 4. The van der Waals surface area contributed by atoms with Crippen molar-refractivity contribution in [3.05, 3.63) is 144 Å². The molecule has 3 aromatic carbocycles. The molecule has 8 rings (SSSR count). The normalized spacial score (nSPS) is 11.7. The van der Waals surface area contributed by atoms with E-state index in [-0.39, 0.29) is 19.5 Å². The van der Waals surface area contributed by atoms with Crippen LogP contribution in [0.25, 0.3) is 68.6 Å². The second kappa shape index (κ2) is 11.8. The molecule has 206 valence electrons. The van der Waals surface area contributed by atoms with Crippen LogP contribution in [0.15, 0.2) is 121 Å². The van der Waals surface area contributed by atoms with Crippen molar-refractivity contribution in [2.24, 2.45) is 0 Å². The number of anilines is 2. The summed E-state index contributed by atoms with van der Waals surface area (Å²) in [5.41, 5.74) is 13.6. The van der Waals surface area contributed by atoms with Gasteiger partial charge in [0, 0.05) is 52.8 Å². The molecule has 5 nitrogen and oxygen atoms in total. The van der Waals surface area contributed by atoms with Gasteiger partial charge in [0.2, 0.25) is 0 Å². The Kier molecular flexibility index (Phi) is 7.35. The maximum absolute atomic E-state index is 5.23.